The van der Waals surface area contributed by atoms with Gasteiger partial charge in [0.1, 0.15) is 5.00 Å². The summed E-state index contributed by atoms with van der Waals surface area (Å²) in [5, 5.41) is -0.107. The first kappa shape index (κ1) is 22.9. The maximum atomic E-state index is 13.3. The second-order valence-electron chi connectivity index (χ2n) is 9.43. The number of anilines is 2. The predicted octanol–water partition coefficient (Wildman–Crippen LogP) is 4.69. The van der Waals surface area contributed by atoms with Gasteiger partial charge in [0.25, 0.3) is 0 Å². The molecule has 1 aromatic carbocycles. The van der Waals surface area contributed by atoms with Gasteiger partial charge in [-0.25, -0.2) is 9.69 Å². The molecule has 0 bridgehead atoms. The molecule has 1 aromatic heterocycles. The Morgan fingerprint density at radius 3 is 2.50 bits per heavy atom. The Balaban J connectivity index is 1.67. The van der Waals surface area contributed by atoms with E-state index >= 15 is 0 Å². The van der Waals surface area contributed by atoms with E-state index in [1.165, 1.54) is 35.1 Å². The van der Waals surface area contributed by atoms with Gasteiger partial charge in [-0.2, -0.15) is 0 Å². The van der Waals surface area contributed by atoms with Crippen LogP contribution < -0.4 is 10.6 Å². The molecule has 0 unspecified atom stereocenters. The van der Waals surface area contributed by atoms with Crippen LogP contribution in [-0.2, 0) is 27.2 Å². The summed E-state index contributed by atoms with van der Waals surface area (Å²) in [6.45, 7) is 6.68. The Morgan fingerprint density at radius 2 is 1.88 bits per heavy atom. The quantitative estimate of drug-likeness (QED) is 0.394. The number of thioether (sulfide) groups is 1. The van der Waals surface area contributed by atoms with Crippen molar-refractivity contribution in [3.63, 3.8) is 0 Å². The van der Waals surface area contributed by atoms with E-state index in [2.05, 4.69) is 20.8 Å². The zero-order valence-electron chi connectivity index (χ0n) is 18.8. The van der Waals surface area contributed by atoms with Gasteiger partial charge in [0.2, 0.25) is 11.8 Å². The summed E-state index contributed by atoms with van der Waals surface area (Å²) >= 11 is 2.75. The van der Waals surface area contributed by atoms with E-state index in [4.69, 9.17) is 10.5 Å². The first-order valence-electron chi connectivity index (χ1n) is 10.7. The minimum atomic E-state index is -0.530. The average molecular weight is 473 g/mol. The SMILES string of the molecule is COC(=O)c1c(N2C(=O)C[C@@H](Sc3ccc(N)cc3)C2=O)sc2c1CC[C@@H](C(C)(C)C)C2. The number of nitrogens with zero attached hydrogens (tertiary/aromatic N) is 1. The lowest BCUT2D eigenvalue weighted by molar-refractivity contribution is -0.121. The smallest absolute Gasteiger partial charge is 0.341 e. The number of rotatable bonds is 4. The van der Waals surface area contributed by atoms with Crippen molar-refractivity contribution >= 4 is 51.6 Å². The van der Waals surface area contributed by atoms with Crippen molar-refractivity contribution in [1.29, 1.82) is 0 Å². The van der Waals surface area contributed by atoms with Crippen molar-refractivity contribution in [1.82, 2.24) is 0 Å². The average Bonchev–Trinajstić information content (AvgIpc) is 3.24. The molecule has 1 aliphatic carbocycles. The molecule has 2 N–H and O–H groups in total. The number of hydrogen-bond donors (Lipinski definition) is 1. The number of esters is 1. The van der Waals surface area contributed by atoms with Gasteiger partial charge in [-0.1, -0.05) is 20.8 Å². The highest BCUT2D eigenvalue weighted by Gasteiger charge is 2.44. The number of ether oxygens (including phenoxy) is 1. The lowest BCUT2D eigenvalue weighted by Crippen LogP contribution is -2.32. The van der Waals surface area contributed by atoms with Crippen LogP contribution >= 0.6 is 23.1 Å². The van der Waals surface area contributed by atoms with E-state index in [9.17, 15) is 14.4 Å². The Labute approximate surface area is 196 Å². The number of imide groups is 1. The monoisotopic (exact) mass is 472 g/mol. The molecule has 2 atom stereocenters. The van der Waals surface area contributed by atoms with Crippen molar-refractivity contribution in [3.05, 3.63) is 40.3 Å². The first-order valence-corrected chi connectivity index (χ1v) is 12.4. The standard InChI is InChI=1S/C24H28N2O4S2/c1-24(2,3)13-5-10-16-17(11-13)32-22(20(16)23(29)30-4)26-19(27)12-18(21(26)28)31-15-8-6-14(25)7-9-15/h6-9,13,18H,5,10-12,25H2,1-4H3/t13-,18-/m1/s1. The lowest BCUT2D eigenvalue weighted by Gasteiger charge is -2.33. The van der Waals surface area contributed by atoms with Crippen LogP contribution in [0.15, 0.2) is 29.2 Å². The first-order chi connectivity index (χ1) is 15.1. The van der Waals surface area contributed by atoms with E-state index in [0.29, 0.717) is 22.2 Å². The molecule has 1 saturated heterocycles. The largest absolute Gasteiger partial charge is 0.465 e. The van der Waals surface area contributed by atoms with Crippen LogP contribution in [0.5, 0.6) is 0 Å². The molecule has 2 amide bonds. The maximum absolute atomic E-state index is 13.3. The van der Waals surface area contributed by atoms with Crippen LogP contribution in [-0.4, -0.2) is 30.1 Å². The van der Waals surface area contributed by atoms with Crippen LogP contribution in [0.3, 0.4) is 0 Å². The highest BCUT2D eigenvalue weighted by atomic mass is 32.2. The lowest BCUT2D eigenvalue weighted by atomic mass is 9.72. The molecule has 1 aliphatic heterocycles. The molecule has 1 fully saturated rings. The Hall–Kier alpha value is -2.32. The number of carbonyl (C=O) groups is 3. The molecule has 32 heavy (non-hydrogen) atoms. The number of thiophene rings is 1. The summed E-state index contributed by atoms with van der Waals surface area (Å²) in [4.78, 5) is 42.2. The number of nitrogen functional groups attached to an aromatic ring is 1. The number of amides is 2. The highest BCUT2D eigenvalue weighted by molar-refractivity contribution is 8.00. The number of hydrogen-bond acceptors (Lipinski definition) is 7. The summed E-state index contributed by atoms with van der Waals surface area (Å²) in [6.07, 6.45) is 2.65. The minimum absolute atomic E-state index is 0.0989. The van der Waals surface area contributed by atoms with E-state index in [0.717, 1.165) is 34.6 Å². The Bertz CT molecular complexity index is 1070. The molecule has 0 spiro atoms. The van der Waals surface area contributed by atoms with Crippen LogP contribution in [0.4, 0.5) is 10.7 Å². The van der Waals surface area contributed by atoms with E-state index in [-0.39, 0.29) is 23.7 Å². The fourth-order valence-electron chi connectivity index (χ4n) is 4.40. The van der Waals surface area contributed by atoms with Gasteiger partial charge in [0.05, 0.1) is 17.9 Å². The molecule has 0 radical (unpaired) electrons. The van der Waals surface area contributed by atoms with Crippen molar-refractivity contribution < 1.29 is 19.1 Å². The van der Waals surface area contributed by atoms with Gasteiger partial charge in [0, 0.05) is 21.9 Å². The maximum Gasteiger partial charge on any atom is 0.341 e. The number of methoxy groups -OCH3 is 1. The van der Waals surface area contributed by atoms with Crippen LogP contribution in [0.1, 0.15) is 54.4 Å². The van der Waals surface area contributed by atoms with Crippen LogP contribution in [0.25, 0.3) is 0 Å². The molecular formula is C24H28N2O4S2. The third-order valence-electron chi connectivity index (χ3n) is 6.33. The molecule has 2 aliphatic rings. The van der Waals surface area contributed by atoms with E-state index in [1.807, 2.05) is 12.1 Å². The Kier molecular flexibility index (Phi) is 6.11. The van der Waals surface area contributed by atoms with Gasteiger partial charge in [-0.3, -0.25) is 9.59 Å². The molecule has 6 nitrogen and oxygen atoms in total. The van der Waals surface area contributed by atoms with Gasteiger partial charge in [0.15, 0.2) is 0 Å². The van der Waals surface area contributed by atoms with Gasteiger partial charge < -0.3 is 10.5 Å². The molecule has 170 valence electrons. The van der Waals surface area contributed by atoms with Gasteiger partial charge >= 0.3 is 5.97 Å². The minimum Gasteiger partial charge on any atom is -0.465 e. The zero-order chi connectivity index (χ0) is 23.2. The van der Waals surface area contributed by atoms with Crippen molar-refractivity contribution in [2.24, 2.45) is 11.3 Å². The molecule has 2 heterocycles. The molecule has 2 aromatic rings. The fraction of sp³-hybridized carbons (Fsp3) is 0.458. The normalized spacial score (nSPS) is 21.1. The second-order valence-corrected chi connectivity index (χ2v) is 11.8. The van der Waals surface area contributed by atoms with Gasteiger partial charge in [-0.15, -0.1) is 23.1 Å². The fourth-order valence-corrected chi connectivity index (χ4v) is 6.89. The molecule has 0 saturated carbocycles. The van der Waals surface area contributed by atoms with Crippen molar-refractivity contribution in [2.75, 3.05) is 17.7 Å². The van der Waals surface area contributed by atoms with Crippen molar-refractivity contribution in [2.45, 2.75) is 56.6 Å². The van der Waals surface area contributed by atoms with Crippen LogP contribution in [0.2, 0.25) is 0 Å². The number of nitrogens with two attached hydrogens (primary N) is 1. The topological polar surface area (TPSA) is 89.7 Å². The third kappa shape index (κ3) is 4.18. The highest BCUT2D eigenvalue weighted by Crippen LogP contribution is 2.47. The number of fused-ring (bicyclic) bond motifs is 1. The van der Waals surface area contributed by atoms with E-state index < -0.39 is 11.2 Å². The molecule has 4 rings (SSSR count). The van der Waals surface area contributed by atoms with Crippen LogP contribution in [0, 0.1) is 11.3 Å². The summed E-state index contributed by atoms with van der Waals surface area (Å²) in [5.41, 5.74) is 7.86. The van der Waals surface area contributed by atoms with E-state index in [1.54, 1.807) is 12.1 Å². The number of benzene rings is 1. The Morgan fingerprint density at radius 1 is 1.19 bits per heavy atom. The number of carbonyl (C=O) groups excluding carboxylic acids is 3. The third-order valence-corrected chi connectivity index (χ3v) is 8.76. The summed E-state index contributed by atoms with van der Waals surface area (Å²) in [6, 6.07) is 7.24. The summed E-state index contributed by atoms with van der Waals surface area (Å²) in [5.74, 6) is -0.570. The molecule has 8 heteroatoms. The zero-order valence-corrected chi connectivity index (χ0v) is 20.4. The second kappa shape index (κ2) is 8.56. The van der Waals surface area contributed by atoms with Gasteiger partial charge in [-0.05, 0) is 60.4 Å². The molecular weight excluding hydrogens is 444 g/mol. The van der Waals surface area contributed by atoms with Crippen molar-refractivity contribution in [3.8, 4) is 0 Å². The summed E-state index contributed by atoms with van der Waals surface area (Å²) < 4.78 is 5.06. The summed E-state index contributed by atoms with van der Waals surface area (Å²) in [7, 11) is 1.34. The predicted molar refractivity (Wildman–Crippen MR) is 128 cm³/mol.